The van der Waals surface area contributed by atoms with E-state index in [4.69, 9.17) is 23.2 Å². The molecule has 6 nitrogen and oxygen atoms in total. The molecule has 1 aromatic rings. The van der Waals surface area contributed by atoms with Crippen LogP contribution in [0.2, 0.25) is 10.0 Å². The lowest BCUT2D eigenvalue weighted by molar-refractivity contribution is 0.111. The van der Waals surface area contributed by atoms with Crippen molar-refractivity contribution in [2.75, 3.05) is 19.6 Å². The average molecular weight is 397 g/mol. The summed E-state index contributed by atoms with van der Waals surface area (Å²) in [6.45, 7) is 5.35. The van der Waals surface area contributed by atoms with Gasteiger partial charge in [-0.25, -0.2) is 13.1 Å². The molecule has 24 heavy (non-hydrogen) atoms. The van der Waals surface area contributed by atoms with E-state index in [9.17, 15) is 18.6 Å². The minimum Gasteiger partial charge on any atom is -0.505 e. The monoisotopic (exact) mass is 396 g/mol. The normalized spacial score (nSPS) is 23.5. The summed E-state index contributed by atoms with van der Waals surface area (Å²) in [4.78, 5) is 1.73. The molecule has 0 aliphatic carbocycles. The van der Waals surface area contributed by atoms with E-state index in [2.05, 4.69) is 23.5 Å². The van der Waals surface area contributed by atoms with Crippen LogP contribution in [-0.4, -0.2) is 55.3 Å². The van der Waals surface area contributed by atoms with Crippen molar-refractivity contribution in [2.24, 2.45) is 5.92 Å². The maximum Gasteiger partial charge on any atom is 0.244 e. The Morgan fingerprint density at radius 1 is 1.38 bits per heavy atom. The summed E-state index contributed by atoms with van der Waals surface area (Å²) in [6, 6.07) is 2.73. The van der Waals surface area contributed by atoms with Crippen LogP contribution in [0.5, 0.6) is 5.75 Å². The Morgan fingerprint density at radius 2 is 2.04 bits per heavy atom. The fourth-order valence-electron chi connectivity index (χ4n) is 3.01. The summed E-state index contributed by atoms with van der Waals surface area (Å²) >= 11 is 11.5. The lowest BCUT2D eigenvalue weighted by atomic mass is 10.1. The van der Waals surface area contributed by atoms with Crippen LogP contribution in [-0.2, 0) is 10.0 Å². The maximum absolute atomic E-state index is 12.3. The molecule has 1 aromatic carbocycles. The number of aliphatic hydroxyl groups is 1. The number of aromatic hydroxyl groups is 1. The zero-order valence-electron chi connectivity index (χ0n) is 13.5. The van der Waals surface area contributed by atoms with E-state index in [1.54, 1.807) is 0 Å². The third-order valence-electron chi connectivity index (χ3n) is 4.15. The Hall–Kier alpha value is -0.570. The highest BCUT2D eigenvalue weighted by Crippen LogP contribution is 2.34. The van der Waals surface area contributed by atoms with E-state index in [0.717, 1.165) is 19.0 Å². The molecule has 0 bridgehead atoms. The Balaban J connectivity index is 2.00. The molecule has 1 heterocycles. The molecule has 1 fully saturated rings. The third-order valence-corrected chi connectivity index (χ3v) is 6.09. The molecule has 1 aliphatic heterocycles. The predicted molar refractivity (Wildman–Crippen MR) is 94.1 cm³/mol. The summed E-state index contributed by atoms with van der Waals surface area (Å²) in [5, 5.41) is 19.9. The highest BCUT2D eigenvalue weighted by atomic mass is 35.5. The highest BCUT2D eigenvalue weighted by Gasteiger charge is 2.28. The standard InChI is InChI=1S/C15H22Cl2N2O4S/c1-9-3-10(2)19(7-9)8-12(20)6-18-24(22,23)14-5-11(16)4-13(17)15(14)21/h4-5,9-10,12,18,20-21H,3,6-8H2,1-2H3/t9?,10?,12-/m0/s1. The van der Waals surface area contributed by atoms with E-state index < -0.39 is 26.8 Å². The van der Waals surface area contributed by atoms with Crippen molar-refractivity contribution in [3.63, 3.8) is 0 Å². The number of benzene rings is 1. The Bertz CT molecular complexity index is 699. The maximum atomic E-state index is 12.3. The van der Waals surface area contributed by atoms with E-state index in [1.165, 1.54) is 6.07 Å². The highest BCUT2D eigenvalue weighted by molar-refractivity contribution is 7.89. The number of β-amino-alcohol motifs (C(OH)–C–C–N with tert-alkyl or cyclic N) is 1. The molecule has 0 radical (unpaired) electrons. The van der Waals surface area contributed by atoms with Gasteiger partial charge in [0.05, 0.1) is 11.1 Å². The number of hydrogen-bond donors (Lipinski definition) is 3. The van der Waals surface area contributed by atoms with E-state index >= 15 is 0 Å². The smallest absolute Gasteiger partial charge is 0.244 e. The summed E-state index contributed by atoms with van der Waals surface area (Å²) in [7, 11) is -4.04. The molecule has 0 spiro atoms. The molecule has 2 unspecified atom stereocenters. The molecule has 136 valence electrons. The molecule has 2 rings (SSSR count). The van der Waals surface area contributed by atoms with Crippen molar-refractivity contribution in [2.45, 2.75) is 37.3 Å². The fourth-order valence-corrected chi connectivity index (χ4v) is 4.83. The number of aliphatic hydroxyl groups excluding tert-OH is 1. The molecule has 1 saturated heterocycles. The van der Waals surface area contributed by atoms with Gasteiger partial charge in [-0.3, -0.25) is 4.90 Å². The molecule has 0 aromatic heterocycles. The summed E-state index contributed by atoms with van der Waals surface area (Å²) in [5.74, 6) is -0.000474. The first-order chi connectivity index (χ1) is 11.1. The van der Waals surface area contributed by atoms with Crippen molar-refractivity contribution < 1.29 is 18.6 Å². The van der Waals surface area contributed by atoms with Gasteiger partial charge in [0.1, 0.15) is 4.90 Å². The first-order valence-corrected chi connectivity index (χ1v) is 9.94. The van der Waals surface area contributed by atoms with Crippen molar-refractivity contribution in [3.05, 3.63) is 22.2 Å². The summed E-state index contributed by atoms with van der Waals surface area (Å²) in [5.41, 5.74) is 0. The van der Waals surface area contributed by atoms with E-state index in [0.29, 0.717) is 18.5 Å². The first kappa shape index (κ1) is 19.8. The number of nitrogens with one attached hydrogen (secondary N) is 1. The molecule has 3 atom stereocenters. The molecule has 0 amide bonds. The van der Waals surface area contributed by atoms with Gasteiger partial charge in [0, 0.05) is 30.7 Å². The van der Waals surface area contributed by atoms with Crippen LogP contribution in [0.4, 0.5) is 0 Å². The van der Waals surface area contributed by atoms with E-state index in [-0.39, 0.29) is 16.6 Å². The van der Waals surface area contributed by atoms with Gasteiger partial charge in [-0.15, -0.1) is 0 Å². The molecular weight excluding hydrogens is 375 g/mol. The minimum absolute atomic E-state index is 0.0959. The zero-order valence-corrected chi connectivity index (χ0v) is 15.9. The second-order valence-corrected chi connectivity index (χ2v) is 8.96. The fraction of sp³-hybridized carbons (Fsp3) is 0.600. The topological polar surface area (TPSA) is 89.9 Å². The predicted octanol–water partition coefficient (Wildman–Crippen LogP) is 2.07. The number of phenols is 1. The quantitative estimate of drug-likeness (QED) is 0.684. The molecule has 9 heteroatoms. The van der Waals surface area contributed by atoms with Crippen LogP contribution in [0.1, 0.15) is 20.3 Å². The van der Waals surface area contributed by atoms with Gasteiger partial charge in [-0.2, -0.15) is 0 Å². The summed E-state index contributed by atoms with van der Waals surface area (Å²) < 4.78 is 26.9. The van der Waals surface area contributed by atoms with Gasteiger partial charge >= 0.3 is 0 Å². The lowest BCUT2D eigenvalue weighted by Crippen LogP contribution is -2.41. The van der Waals surface area contributed by atoms with Crippen molar-refractivity contribution >= 4 is 33.2 Å². The number of halogens is 2. The van der Waals surface area contributed by atoms with Crippen molar-refractivity contribution in [1.29, 1.82) is 0 Å². The van der Waals surface area contributed by atoms with E-state index in [1.807, 2.05) is 0 Å². The zero-order chi connectivity index (χ0) is 18.1. The SMILES string of the molecule is CC1CC(C)N(C[C@@H](O)CNS(=O)(=O)c2cc(Cl)cc(Cl)c2O)C1. The lowest BCUT2D eigenvalue weighted by Gasteiger charge is -2.24. The Labute approximate surface area is 152 Å². The van der Waals surface area contributed by atoms with Crippen LogP contribution in [0.3, 0.4) is 0 Å². The van der Waals surface area contributed by atoms with Gasteiger partial charge in [-0.05, 0) is 31.4 Å². The third kappa shape index (κ3) is 4.74. The molecular formula is C15H22Cl2N2O4S. The van der Waals surface area contributed by atoms with Gasteiger partial charge in [0.2, 0.25) is 10.0 Å². The number of rotatable bonds is 6. The van der Waals surface area contributed by atoms with Gasteiger partial charge < -0.3 is 10.2 Å². The summed E-state index contributed by atoms with van der Waals surface area (Å²) in [6.07, 6.45) is 0.206. The first-order valence-electron chi connectivity index (χ1n) is 7.70. The second kappa shape index (κ2) is 7.76. The van der Waals surface area contributed by atoms with Crippen LogP contribution < -0.4 is 4.72 Å². The number of hydrogen-bond acceptors (Lipinski definition) is 5. The van der Waals surface area contributed by atoms with Crippen molar-refractivity contribution in [1.82, 2.24) is 9.62 Å². The molecule has 1 aliphatic rings. The van der Waals surface area contributed by atoms with Crippen LogP contribution in [0.25, 0.3) is 0 Å². The number of likely N-dealkylation sites (tertiary alicyclic amines) is 1. The number of phenolic OH excluding ortho intramolecular Hbond substituents is 1. The number of sulfonamides is 1. The van der Waals surface area contributed by atoms with Crippen molar-refractivity contribution in [3.8, 4) is 5.75 Å². The van der Waals surface area contributed by atoms with Gasteiger partial charge in [-0.1, -0.05) is 30.1 Å². The Kier molecular flexibility index (Phi) is 6.39. The molecule has 0 saturated carbocycles. The molecule has 3 N–H and O–H groups in total. The Morgan fingerprint density at radius 3 is 2.62 bits per heavy atom. The number of nitrogens with zero attached hydrogens (tertiary/aromatic N) is 1. The largest absolute Gasteiger partial charge is 0.505 e. The van der Waals surface area contributed by atoms with Crippen LogP contribution in [0.15, 0.2) is 17.0 Å². The second-order valence-electron chi connectivity index (χ2n) is 6.38. The minimum atomic E-state index is -4.04. The van der Waals surface area contributed by atoms with Gasteiger partial charge in [0.25, 0.3) is 0 Å². The van der Waals surface area contributed by atoms with Crippen LogP contribution >= 0.6 is 23.2 Å². The van der Waals surface area contributed by atoms with Crippen LogP contribution in [0, 0.1) is 5.92 Å². The average Bonchev–Trinajstić information content (AvgIpc) is 2.78. The van der Waals surface area contributed by atoms with Gasteiger partial charge in [0.15, 0.2) is 5.75 Å².